The Morgan fingerprint density at radius 3 is 2.06 bits per heavy atom. The van der Waals surface area contributed by atoms with Crippen molar-refractivity contribution in [2.24, 2.45) is 0 Å². The molecule has 0 saturated heterocycles. The van der Waals surface area contributed by atoms with E-state index in [9.17, 15) is 20.5 Å². The molecule has 6 nitrogen and oxygen atoms in total. The van der Waals surface area contributed by atoms with Gasteiger partial charge in [-0.1, -0.05) is 12.1 Å². The lowest BCUT2D eigenvalue weighted by atomic mass is 10.1. The molecular formula is C11H10INO5. The molecule has 7 heteroatoms. The van der Waals surface area contributed by atoms with Gasteiger partial charge in [-0.3, -0.25) is 19.7 Å². The first-order chi connectivity index (χ1) is 8.34. The summed E-state index contributed by atoms with van der Waals surface area (Å²) in [5, 5.41) is 1.98. The maximum Gasteiger partial charge on any atom is 0.342 e. The topological polar surface area (TPSA) is 97.4 Å². The van der Waals surface area contributed by atoms with E-state index in [-0.39, 0.29) is 14.7 Å². The van der Waals surface area contributed by atoms with Crippen LogP contribution in [0.2, 0.25) is 0 Å². The fraction of sp³-hybridized carbons (Fsp3) is 0.182. The van der Waals surface area contributed by atoms with Crippen LogP contribution in [0.15, 0.2) is 18.2 Å². The van der Waals surface area contributed by atoms with Crippen LogP contribution in [0.25, 0.3) is 0 Å². The average Bonchev–Trinajstić information content (AvgIpc) is 2.26. The van der Waals surface area contributed by atoms with E-state index in [1.165, 1.54) is 25.1 Å². The van der Waals surface area contributed by atoms with Crippen LogP contribution < -0.4 is 5.32 Å². The van der Waals surface area contributed by atoms with Crippen molar-refractivity contribution in [3.63, 3.8) is 0 Å². The Balaban J connectivity index is 3.45. The number of carbonyl (C=O) groups is 3. The fourth-order valence-electron chi connectivity index (χ4n) is 1.37. The van der Waals surface area contributed by atoms with Crippen LogP contribution in [0, 0.1) is 3.57 Å². The molecule has 0 heterocycles. The second-order valence-corrected chi connectivity index (χ2v) is 5.77. The largest absolute Gasteiger partial charge is 0.342 e. The third kappa shape index (κ3) is 3.19. The minimum Gasteiger partial charge on any atom is -0.294 e. The highest BCUT2D eigenvalue weighted by Crippen LogP contribution is 2.26. The molecule has 2 amide bonds. The number of rotatable bonds is 3. The number of carbonyl (C=O) groups excluding carboxylic acids is 3. The zero-order chi connectivity index (χ0) is 13.9. The molecule has 1 rings (SSSR count). The van der Waals surface area contributed by atoms with Gasteiger partial charge in [-0.05, 0) is 13.0 Å². The molecule has 96 valence electrons. The summed E-state index contributed by atoms with van der Waals surface area (Å²) in [5.74, 6) is -1.87. The lowest BCUT2D eigenvalue weighted by Gasteiger charge is -2.06. The number of benzene rings is 1. The molecule has 1 N–H and O–H groups in total. The number of hydrogen-bond donors (Lipinski definition) is 1. The van der Waals surface area contributed by atoms with Gasteiger partial charge >= 0.3 is 19.8 Å². The van der Waals surface area contributed by atoms with Crippen LogP contribution in [0.1, 0.15) is 34.6 Å². The molecule has 0 bridgehead atoms. The predicted molar refractivity (Wildman–Crippen MR) is 68.7 cm³/mol. The lowest BCUT2D eigenvalue weighted by Crippen LogP contribution is -2.29. The molecular weight excluding hydrogens is 353 g/mol. The Morgan fingerprint density at radius 2 is 1.61 bits per heavy atom. The molecule has 0 aliphatic rings. The van der Waals surface area contributed by atoms with E-state index in [0.29, 0.717) is 0 Å². The number of Topliss-reactive ketones (excluding diaryl/α,β-unsaturated/α-hetero) is 1. The van der Waals surface area contributed by atoms with Crippen molar-refractivity contribution < 1.29 is 20.5 Å². The summed E-state index contributed by atoms with van der Waals surface area (Å²) in [6.45, 7) is 2.35. The van der Waals surface area contributed by atoms with Crippen LogP contribution >= 0.6 is 19.8 Å². The molecule has 0 aliphatic carbocycles. The van der Waals surface area contributed by atoms with E-state index >= 15 is 0 Å². The predicted octanol–water partition coefficient (Wildman–Crippen LogP) is 1.53. The first kappa shape index (κ1) is 14.4. The van der Waals surface area contributed by atoms with Gasteiger partial charge in [0.2, 0.25) is 5.91 Å². The smallest absolute Gasteiger partial charge is 0.294 e. The highest BCUT2D eigenvalue weighted by Gasteiger charge is 2.21. The minimum atomic E-state index is -4.04. The molecule has 0 aliphatic heterocycles. The Bertz CT molecular complexity index is 595. The summed E-state index contributed by atoms with van der Waals surface area (Å²) >= 11 is -4.04. The van der Waals surface area contributed by atoms with Gasteiger partial charge in [0, 0.05) is 12.5 Å². The summed E-state index contributed by atoms with van der Waals surface area (Å²) in [5.41, 5.74) is -0.200. The normalized spacial score (nSPS) is 10.2. The molecule has 0 aromatic heterocycles. The van der Waals surface area contributed by atoms with Crippen LogP contribution in [0.5, 0.6) is 0 Å². The van der Waals surface area contributed by atoms with Crippen LogP contribution in [0.3, 0.4) is 0 Å². The molecule has 1 aromatic carbocycles. The van der Waals surface area contributed by atoms with Crippen LogP contribution in [-0.2, 0) is 10.9 Å². The van der Waals surface area contributed by atoms with Crippen LogP contribution in [0.4, 0.5) is 0 Å². The first-order valence-electron chi connectivity index (χ1n) is 4.85. The second-order valence-electron chi connectivity index (χ2n) is 3.45. The average molecular weight is 363 g/mol. The molecule has 0 spiro atoms. The number of hydrogen-bond acceptors (Lipinski definition) is 5. The monoisotopic (exact) mass is 363 g/mol. The first-order valence-corrected chi connectivity index (χ1v) is 7.69. The fourth-order valence-corrected chi connectivity index (χ4v) is 3.31. The maximum atomic E-state index is 11.7. The van der Waals surface area contributed by atoms with Crippen molar-refractivity contribution >= 4 is 37.4 Å². The van der Waals surface area contributed by atoms with E-state index in [2.05, 4.69) is 0 Å². The number of halogens is 1. The molecule has 18 heavy (non-hydrogen) atoms. The Kier molecular flexibility index (Phi) is 4.65. The maximum absolute atomic E-state index is 11.7. The van der Waals surface area contributed by atoms with Crippen molar-refractivity contribution in [2.75, 3.05) is 0 Å². The molecule has 0 saturated carbocycles. The van der Waals surface area contributed by atoms with Gasteiger partial charge in [0.25, 0.3) is 5.91 Å². The summed E-state index contributed by atoms with van der Waals surface area (Å²) < 4.78 is 22.2. The molecule has 1 aromatic rings. The molecule has 0 fully saturated rings. The third-order valence-electron chi connectivity index (χ3n) is 2.07. The number of imide groups is 1. The van der Waals surface area contributed by atoms with Gasteiger partial charge in [0.1, 0.15) is 0 Å². The molecule has 0 unspecified atom stereocenters. The van der Waals surface area contributed by atoms with Crippen molar-refractivity contribution in [3.8, 4) is 0 Å². The summed E-state index contributed by atoms with van der Waals surface area (Å²) in [7, 11) is 0. The number of nitrogens with one attached hydrogen (secondary N) is 1. The van der Waals surface area contributed by atoms with E-state index in [4.69, 9.17) is 0 Å². The highest BCUT2D eigenvalue weighted by atomic mass is 127. The van der Waals surface area contributed by atoms with Crippen molar-refractivity contribution in [1.29, 1.82) is 0 Å². The Hall–Kier alpha value is -1.64. The standard InChI is InChI=1S/C11H10INO5/c1-6(14)8-4-3-5-9(10(8)12(17)18)11(16)13-7(2)15/h3-5H,1-2H3,(H,13,15,16). The number of ketones is 1. The number of amides is 2. The SMILES string of the molecule is CC(=O)NC(=O)c1cccc(C(C)=O)c1I(=O)=O. The second kappa shape index (κ2) is 5.80. The zero-order valence-electron chi connectivity index (χ0n) is 9.65. The van der Waals surface area contributed by atoms with Gasteiger partial charge < -0.3 is 0 Å². The van der Waals surface area contributed by atoms with E-state index in [1.54, 1.807) is 0 Å². The Morgan fingerprint density at radius 1 is 1.06 bits per heavy atom. The van der Waals surface area contributed by atoms with Crippen LogP contribution in [-0.4, -0.2) is 17.6 Å². The van der Waals surface area contributed by atoms with Gasteiger partial charge in [-0.15, -0.1) is 0 Å². The van der Waals surface area contributed by atoms with Crippen molar-refractivity contribution in [2.45, 2.75) is 13.8 Å². The van der Waals surface area contributed by atoms with Crippen molar-refractivity contribution in [3.05, 3.63) is 32.9 Å². The summed E-state index contributed by atoms with van der Waals surface area (Å²) in [4.78, 5) is 33.8. The van der Waals surface area contributed by atoms with E-state index in [0.717, 1.165) is 6.92 Å². The van der Waals surface area contributed by atoms with E-state index in [1.807, 2.05) is 5.32 Å². The molecule has 0 radical (unpaired) electrons. The Labute approximate surface area is 110 Å². The minimum absolute atomic E-state index is 0.0265. The van der Waals surface area contributed by atoms with Gasteiger partial charge in [0.15, 0.2) is 5.78 Å². The highest BCUT2D eigenvalue weighted by molar-refractivity contribution is 14.2. The third-order valence-corrected chi connectivity index (χ3v) is 4.11. The molecule has 0 atom stereocenters. The summed E-state index contributed by atoms with van der Waals surface area (Å²) in [6, 6.07) is 4.00. The van der Waals surface area contributed by atoms with Gasteiger partial charge in [0.05, 0.1) is 9.13 Å². The van der Waals surface area contributed by atoms with Gasteiger partial charge in [-0.25, -0.2) is 6.14 Å². The van der Waals surface area contributed by atoms with Crippen molar-refractivity contribution in [1.82, 2.24) is 5.32 Å². The zero-order valence-corrected chi connectivity index (χ0v) is 11.8. The lowest BCUT2D eigenvalue weighted by molar-refractivity contribution is -0.118. The van der Waals surface area contributed by atoms with Gasteiger partial charge in [-0.2, -0.15) is 0 Å². The summed E-state index contributed by atoms with van der Waals surface area (Å²) in [6.07, 6.45) is 0. The quantitative estimate of drug-likeness (QED) is 0.649. The van der Waals surface area contributed by atoms with E-state index < -0.39 is 37.4 Å².